The second-order valence-electron chi connectivity index (χ2n) is 11.1. The number of nitriles is 1. The Kier molecular flexibility index (Phi) is 12.4. The molecule has 43 heavy (non-hydrogen) atoms. The lowest BCUT2D eigenvalue weighted by Gasteiger charge is -2.38. The third-order valence-corrected chi connectivity index (χ3v) is 8.03. The third-order valence-electron chi connectivity index (χ3n) is 8.03. The predicted octanol–water partition coefficient (Wildman–Crippen LogP) is 8.19. The average molecular weight is 577 g/mol. The first-order valence-electron chi connectivity index (χ1n) is 15.7. The fourth-order valence-electron chi connectivity index (χ4n) is 5.71. The van der Waals surface area contributed by atoms with Gasteiger partial charge >= 0.3 is 0 Å². The molecule has 0 saturated carbocycles. The van der Waals surface area contributed by atoms with E-state index in [1.807, 2.05) is 48.5 Å². The number of hydrogen-bond donors (Lipinski definition) is 1. The van der Waals surface area contributed by atoms with Crippen LogP contribution in [0.3, 0.4) is 0 Å². The molecule has 2 aromatic carbocycles. The molecule has 0 bridgehead atoms. The van der Waals surface area contributed by atoms with Gasteiger partial charge in [0.2, 0.25) is 0 Å². The minimum Gasteiger partial charge on any atom is -0.476 e. The summed E-state index contributed by atoms with van der Waals surface area (Å²) in [7, 11) is 0. The number of nitrogens with zero attached hydrogens (tertiary/aromatic N) is 3. The lowest BCUT2D eigenvalue weighted by Crippen LogP contribution is -2.44. The van der Waals surface area contributed by atoms with E-state index >= 15 is 0 Å². The summed E-state index contributed by atoms with van der Waals surface area (Å²) in [5.74, 6) is 0.190. The molecule has 0 radical (unpaired) electrons. The van der Waals surface area contributed by atoms with Crippen LogP contribution >= 0.6 is 0 Å². The number of hydrogen-bond acceptors (Lipinski definition) is 5. The molecule has 1 aliphatic rings. The summed E-state index contributed by atoms with van der Waals surface area (Å²) in [5.41, 5.74) is 2.42. The monoisotopic (exact) mass is 576 g/mol. The Balaban J connectivity index is 1.46. The van der Waals surface area contributed by atoms with Crippen LogP contribution in [0, 0.1) is 11.3 Å². The quantitative estimate of drug-likeness (QED) is 0.106. The van der Waals surface area contributed by atoms with Gasteiger partial charge in [-0.3, -0.25) is 14.7 Å². The van der Waals surface area contributed by atoms with Gasteiger partial charge in [-0.25, -0.2) is 0 Å². The van der Waals surface area contributed by atoms with Crippen molar-refractivity contribution < 1.29 is 9.53 Å². The van der Waals surface area contributed by atoms with Crippen LogP contribution < -0.4 is 10.2 Å². The van der Waals surface area contributed by atoms with Crippen LogP contribution in [0.15, 0.2) is 109 Å². The second kappa shape index (κ2) is 16.9. The SMILES string of the molecule is CCCCCCCCCCCCNC(=O)/C(C#N)=C\C=C1\OCC(c2ccccc2)(c2ccccc2)N1c1ccncc1. The largest absolute Gasteiger partial charge is 0.476 e. The molecule has 0 unspecified atom stereocenters. The first-order chi connectivity index (χ1) is 21.2. The summed E-state index contributed by atoms with van der Waals surface area (Å²) in [6, 6.07) is 26.5. The lowest BCUT2D eigenvalue weighted by atomic mass is 9.82. The highest BCUT2D eigenvalue weighted by atomic mass is 16.5. The number of pyridine rings is 1. The molecule has 6 nitrogen and oxygen atoms in total. The Labute approximate surface area is 257 Å². The molecule has 0 spiro atoms. The number of carbonyl (C=O) groups is 1. The molecule has 0 atom stereocenters. The molecular weight excluding hydrogens is 532 g/mol. The molecule has 3 aromatic rings. The van der Waals surface area contributed by atoms with Gasteiger partial charge in [-0.1, -0.05) is 125 Å². The van der Waals surface area contributed by atoms with Crippen molar-refractivity contribution in [3.8, 4) is 6.07 Å². The smallest absolute Gasteiger partial charge is 0.261 e. The van der Waals surface area contributed by atoms with Crippen molar-refractivity contribution in [2.75, 3.05) is 18.1 Å². The Morgan fingerprint density at radius 3 is 2.00 bits per heavy atom. The maximum Gasteiger partial charge on any atom is 0.261 e. The summed E-state index contributed by atoms with van der Waals surface area (Å²) in [6.07, 6.45) is 19.2. The lowest BCUT2D eigenvalue weighted by molar-refractivity contribution is -0.117. The average Bonchev–Trinajstić information content (AvgIpc) is 3.45. The molecule has 224 valence electrons. The molecule has 1 saturated heterocycles. The number of anilines is 1. The van der Waals surface area contributed by atoms with Crippen LogP contribution in [0.2, 0.25) is 0 Å². The number of rotatable bonds is 16. The van der Waals surface area contributed by atoms with E-state index < -0.39 is 5.54 Å². The van der Waals surface area contributed by atoms with Gasteiger partial charge in [-0.05, 0) is 41.8 Å². The van der Waals surface area contributed by atoms with E-state index in [1.165, 1.54) is 51.4 Å². The normalized spacial score (nSPS) is 15.2. The highest BCUT2D eigenvalue weighted by Gasteiger charge is 2.48. The molecule has 1 aliphatic heterocycles. The Morgan fingerprint density at radius 1 is 0.884 bits per heavy atom. The first kappa shape index (κ1) is 31.6. The van der Waals surface area contributed by atoms with E-state index in [-0.39, 0.29) is 11.5 Å². The van der Waals surface area contributed by atoms with Crippen LogP contribution in [-0.4, -0.2) is 24.0 Å². The number of aromatic nitrogens is 1. The summed E-state index contributed by atoms with van der Waals surface area (Å²) in [5, 5.41) is 12.7. The number of unbranched alkanes of at least 4 members (excludes halogenated alkanes) is 9. The van der Waals surface area contributed by atoms with Gasteiger partial charge in [0.1, 0.15) is 23.8 Å². The van der Waals surface area contributed by atoms with Crippen molar-refractivity contribution >= 4 is 11.6 Å². The third kappa shape index (κ3) is 8.35. The van der Waals surface area contributed by atoms with E-state index in [9.17, 15) is 10.1 Å². The first-order valence-corrected chi connectivity index (χ1v) is 15.7. The van der Waals surface area contributed by atoms with Crippen LogP contribution in [0.25, 0.3) is 0 Å². The van der Waals surface area contributed by atoms with E-state index in [2.05, 4.69) is 52.5 Å². The molecule has 1 fully saturated rings. The van der Waals surface area contributed by atoms with Crippen LogP contribution in [0.4, 0.5) is 5.69 Å². The predicted molar refractivity (Wildman–Crippen MR) is 173 cm³/mol. The Bertz CT molecular complexity index is 1320. The zero-order valence-electron chi connectivity index (χ0n) is 25.4. The second-order valence-corrected chi connectivity index (χ2v) is 11.1. The zero-order valence-corrected chi connectivity index (χ0v) is 25.4. The molecule has 1 aromatic heterocycles. The number of nitrogens with one attached hydrogen (secondary N) is 1. The van der Waals surface area contributed by atoms with Crippen LogP contribution in [0.1, 0.15) is 82.3 Å². The fourth-order valence-corrected chi connectivity index (χ4v) is 5.71. The highest BCUT2D eigenvalue weighted by Crippen LogP contribution is 2.46. The fraction of sp³-hybridized carbons (Fsp3) is 0.378. The molecule has 1 N–H and O–H groups in total. The van der Waals surface area contributed by atoms with Crippen molar-refractivity contribution in [2.24, 2.45) is 0 Å². The number of amides is 1. The molecule has 4 rings (SSSR count). The topological polar surface area (TPSA) is 78.2 Å². The molecule has 6 heteroatoms. The number of ether oxygens (including phenoxy) is 1. The Hall–Kier alpha value is -4.37. The van der Waals surface area contributed by atoms with Gasteiger partial charge in [0, 0.05) is 24.6 Å². The summed E-state index contributed by atoms with van der Waals surface area (Å²) >= 11 is 0. The number of allylic oxidation sites excluding steroid dienone is 2. The molecular formula is C37H44N4O2. The zero-order chi connectivity index (χ0) is 30.2. The van der Waals surface area contributed by atoms with E-state index in [0.29, 0.717) is 19.0 Å². The van der Waals surface area contributed by atoms with Crippen molar-refractivity contribution in [3.05, 3.63) is 120 Å². The van der Waals surface area contributed by atoms with E-state index in [0.717, 1.165) is 29.7 Å². The highest BCUT2D eigenvalue weighted by molar-refractivity contribution is 5.97. The molecule has 0 aliphatic carbocycles. The van der Waals surface area contributed by atoms with Gasteiger partial charge in [0.25, 0.3) is 5.91 Å². The minimum absolute atomic E-state index is 0.0507. The Morgan fingerprint density at radius 2 is 1.44 bits per heavy atom. The minimum atomic E-state index is -0.659. The van der Waals surface area contributed by atoms with Crippen molar-refractivity contribution in [3.63, 3.8) is 0 Å². The molecule has 1 amide bonds. The number of carbonyl (C=O) groups excluding carboxylic acids is 1. The van der Waals surface area contributed by atoms with Gasteiger partial charge in [0.05, 0.1) is 0 Å². The van der Waals surface area contributed by atoms with Crippen molar-refractivity contribution in [2.45, 2.75) is 76.7 Å². The van der Waals surface area contributed by atoms with E-state index in [4.69, 9.17) is 4.74 Å². The standard InChI is InChI=1S/C37H44N4O2/c1-2-3-4-5-6-7-8-9-10-17-26-40-36(42)31(29-38)22-23-35-41(34-24-27-39-28-25-34)37(30-43-35,32-18-13-11-14-19-32)33-20-15-12-16-21-33/h11-16,18-25,27-28H,2-10,17,26,30H2,1H3,(H,40,42)/b31-22-,35-23+. The van der Waals surface area contributed by atoms with Gasteiger partial charge < -0.3 is 10.1 Å². The summed E-state index contributed by atoms with van der Waals surface area (Å²) < 4.78 is 6.37. The van der Waals surface area contributed by atoms with Crippen LogP contribution in [-0.2, 0) is 15.1 Å². The maximum absolute atomic E-state index is 12.9. The van der Waals surface area contributed by atoms with Gasteiger partial charge in [-0.15, -0.1) is 0 Å². The van der Waals surface area contributed by atoms with Crippen molar-refractivity contribution in [1.29, 1.82) is 5.26 Å². The van der Waals surface area contributed by atoms with Crippen LogP contribution in [0.5, 0.6) is 0 Å². The molecule has 2 heterocycles. The summed E-state index contributed by atoms with van der Waals surface area (Å²) in [4.78, 5) is 19.2. The summed E-state index contributed by atoms with van der Waals surface area (Å²) in [6.45, 7) is 3.17. The van der Waals surface area contributed by atoms with Gasteiger partial charge in [-0.2, -0.15) is 5.26 Å². The maximum atomic E-state index is 12.9. The number of benzene rings is 2. The van der Waals surface area contributed by atoms with Gasteiger partial charge in [0.15, 0.2) is 5.88 Å². The van der Waals surface area contributed by atoms with Crippen molar-refractivity contribution in [1.82, 2.24) is 10.3 Å². The van der Waals surface area contributed by atoms with E-state index in [1.54, 1.807) is 24.5 Å².